The first-order valence-electron chi connectivity index (χ1n) is 10.3. The third-order valence-electron chi connectivity index (χ3n) is 6.24. The van der Waals surface area contributed by atoms with Crippen LogP contribution in [0.2, 0.25) is 0 Å². The van der Waals surface area contributed by atoms with Gasteiger partial charge in [-0.25, -0.2) is 21.6 Å². The quantitative estimate of drug-likeness (QED) is 0.778. The van der Waals surface area contributed by atoms with E-state index in [4.69, 9.17) is 0 Å². The predicted octanol–water partition coefficient (Wildman–Crippen LogP) is 3.50. The highest BCUT2D eigenvalue weighted by atomic mass is 32.2. The number of hydrogen-bond donors (Lipinski definition) is 1. The van der Waals surface area contributed by atoms with Gasteiger partial charge in [0.2, 0.25) is 20.0 Å². The fraction of sp³-hybridized carbons (Fsp3) is 0.700. The van der Waals surface area contributed by atoms with Crippen molar-refractivity contribution in [1.82, 2.24) is 9.03 Å². The standard InChI is InChI=1S/C20H32N2O4S2/c1-15-7-4-5-10-20(15)21-27(23,24)18-11-13-19(14-12-18)28(25,26)22-16(2)8-6-9-17(22)3/h11-17,20-21H,4-10H2,1-3H3/t15-,16-,17+,20-/m0/s1. The summed E-state index contributed by atoms with van der Waals surface area (Å²) < 4.78 is 56.0. The van der Waals surface area contributed by atoms with Crippen LogP contribution in [0.4, 0.5) is 0 Å². The molecule has 1 aromatic carbocycles. The molecule has 0 spiro atoms. The summed E-state index contributed by atoms with van der Waals surface area (Å²) in [6.07, 6.45) is 6.75. The summed E-state index contributed by atoms with van der Waals surface area (Å²) in [5, 5.41) is 0. The number of piperidine rings is 1. The first-order chi connectivity index (χ1) is 13.1. The van der Waals surface area contributed by atoms with Crippen molar-refractivity contribution in [3.8, 4) is 0 Å². The van der Waals surface area contributed by atoms with E-state index in [9.17, 15) is 16.8 Å². The molecule has 28 heavy (non-hydrogen) atoms. The highest BCUT2D eigenvalue weighted by Crippen LogP contribution is 2.30. The Morgan fingerprint density at radius 2 is 1.32 bits per heavy atom. The lowest BCUT2D eigenvalue weighted by molar-refractivity contribution is 0.204. The number of rotatable bonds is 5. The number of nitrogens with one attached hydrogen (secondary N) is 1. The van der Waals surface area contributed by atoms with Crippen molar-refractivity contribution in [2.75, 3.05) is 0 Å². The minimum atomic E-state index is -3.66. The molecule has 0 radical (unpaired) electrons. The van der Waals surface area contributed by atoms with E-state index < -0.39 is 20.0 Å². The second-order valence-electron chi connectivity index (χ2n) is 8.42. The van der Waals surface area contributed by atoms with E-state index >= 15 is 0 Å². The lowest BCUT2D eigenvalue weighted by Gasteiger charge is -2.37. The zero-order chi connectivity index (χ0) is 20.5. The minimum absolute atomic E-state index is 0.0494. The molecule has 2 aliphatic rings. The third-order valence-corrected chi connectivity index (χ3v) is 9.89. The summed E-state index contributed by atoms with van der Waals surface area (Å²) in [4.78, 5) is 0.266. The van der Waals surface area contributed by atoms with Crippen molar-refractivity contribution in [2.24, 2.45) is 5.92 Å². The molecule has 0 unspecified atom stereocenters. The van der Waals surface area contributed by atoms with E-state index in [-0.39, 0.29) is 27.9 Å². The van der Waals surface area contributed by atoms with Gasteiger partial charge in [-0.2, -0.15) is 4.31 Å². The van der Waals surface area contributed by atoms with Crippen LogP contribution in [0.25, 0.3) is 0 Å². The average Bonchev–Trinajstić information content (AvgIpc) is 2.63. The molecule has 1 N–H and O–H groups in total. The number of sulfonamides is 2. The first-order valence-corrected chi connectivity index (χ1v) is 13.2. The van der Waals surface area contributed by atoms with E-state index in [1.807, 2.05) is 13.8 Å². The largest absolute Gasteiger partial charge is 0.243 e. The van der Waals surface area contributed by atoms with Gasteiger partial charge in [0.05, 0.1) is 9.79 Å². The molecule has 6 nitrogen and oxygen atoms in total. The second-order valence-corrected chi connectivity index (χ2v) is 12.0. The van der Waals surface area contributed by atoms with Crippen LogP contribution in [-0.2, 0) is 20.0 Å². The maximum atomic E-state index is 13.1. The maximum absolute atomic E-state index is 13.1. The molecule has 1 saturated carbocycles. The molecule has 1 aliphatic carbocycles. The summed E-state index contributed by atoms with van der Waals surface area (Å²) in [6.45, 7) is 5.94. The molecule has 8 heteroatoms. The van der Waals surface area contributed by atoms with Gasteiger partial charge in [0.1, 0.15) is 0 Å². The molecular weight excluding hydrogens is 396 g/mol. The zero-order valence-corrected chi connectivity index (χ0v) is 18.6. The normalized spacial score (nSPS) is 30.2. The Kier molecular flexibility index (Phi) is 6.54. The Balaban J connectivity index is 1.80. The van der Waals surface area contributed by atoms with Gasteiger partial charge < -0.3 is 0 Å². The fourth-order valence-corrected chi connectivity index (χ4v) is 7.80. The van der Waals surface area contributed by atoms with Gasteiger partial charge in [-0.15, -0.1) is 0 Å². The second kappa shape index (κ2) is 8.42. The van der Waals surface area contributed by atoms with E-state index in [0.717, 1.165) is 44.9 Å². The minimum Gasteiger partial charge on any atom is -0.208 e. The highest BCUT2D eigenvalue weighted by Gasteiger charge is 2.36. The molecule has 1 aliphatic heterocycles. The van der Waals surface area contributed by atoms with Crippen molar-refractivity contribution in [2.45, 2.75) is 93.6 Å². The van der Waals surface area contributed by atoms with Crippen LogP contribution in [-0.4, -0.2) is 39.3 Å². The molecule has 158 valence electrons. The maximum Gasteiger partial charge on any atom is 0.243 e. The van der Waals surface area contributed by atoms with E-state index in [1.54, 1.807) is 4.31 Å². The smallest absolute Gasteiger partial charge is 0.208 e. The topological polar surface area (TPSA) is 83.6 Å². The molecule has 1 aromatic rings. The van der Waals surface area contributed by atoms with Crippen LogP contribution < -0.4 is 4.72 Å². The molecule has 2 fully saturated rings. The summed E-state index contributed by atoms with van der Waals surface area (Å²) in [6, 6.07) is 5.49. The van der Waals surface area contributed by atoms with Gasteiger partial charge in [-0.1, -0.05) is 26.2 Å². The summed E-state index contributed by atoms with van der Waals surface area (Å²) in [5.41, 5.74) is 0. The van der Waals surface area contributed by atoms with Crippen LogP contribution in [0.3, 0.4) is 0 Å². The zero-order valence-electron chi connectivity index (χ0n) is 17.0. The van der Waals surface area contributed by atoms with Crippen molar-refractivity contribution in [3.05, 3.63) is 24.3 Å². The Hall–Kier alpha value is -0.960. The number of hydrogen-bond acceptors (Lipinski definition) is 4. The van der Waals surface area contributed by atoms with Gasteiger partial charge in [0, 0.05) is 18.1 Å². The number of nitrogens with zero attached hydrogens (tertiary/aromatic N) is 1. The van der Waals surface area contributed by atoms with Gasteiger partial charge in [-0.05, 0) is 69.7 Å². The summed E-state index contributed by atoms with van der Waals surface area (Å²) in [7, 11) is -7.30. The van der Waals surface area contributed by atoms with Crippen molar-refractivity contribution in [1.29, 1.82) is 0 Å². The van der Waals surface area contributed by atoms with Crippen molar-refractivity contribution < 1.29 is 16.8 Å². The molecular formula is C20H32N2O4S2. The molecule has 1 heterocycles. The van der Waals surface area contributed by atoms with Crippen LogP contribution in [0.15, 0.2) is 34.1 Å². The van der Waals surface area contributed by atoms with Gasteiger partial charge in [-0.3, -0.25) is 0 Å². The van der Waals surface area contributed by atoms with E-state index in [1.165, 1.54) is 24.3 Å². The molecule has 0 aromatic heterocycles. The molecule has 0 amide bonds. The van der Waals surface area contributed by atoms with Gasteiger partial charge in [0.25, 0.3) is 0 Å². The van der Waals surface area contributed by atoms with Gasteiger partial charge in [0.15, 0.2) is 0 Å². The monoisotopic (exact) mass is 428 g/mol. The first kappa shape index (κ1) is 21.7. The Morgan fingerprint density at radius 1 is 0.786 bits per heavy atom. The SMILES string of the molecule is C[C@@H]1CCC[C@H](C)N1S(=O)(=O)c1ccc(S(=O)(=O)N[C@H]2CCCC[C@@H]2C)cc1. The van der Waals surface area contributed by atoms with Gasteiger partial charge >= 0.3 is 0 Å². The third kappa shape index (κ3) is 4.45. The number of benzene rings is 1. The summed E-state index contributed by atoms with van der Waals surface area (Å²) >= 11 is 0. The van der Waals surface area contributed by atoms with E-state index in [0.29, 0.717) is 5.92 Å². The predicted molar refractivity (Wildman–Crippen MR) is 110 cm³/mol. The van der Waals surface area contributed by atoms with Crippen LogP contribution in [0.5, 0.6) is 0 Å². The van der Waals surface area contributed by atoms with Crippen molar-refractivity contribution in [3.63, 3.8) is 0 Å². The lowest BCUT2D eigenvalue weighted by Crippen LogP contribution is -2.47. The highest BCUT2D eigenvalue weighted by molar-refractivity contribution is 7.89. The average molecular weight is 429 g/mol. The summed E-state index contributed by atoms with van der Waals surface area (Å²) in [5.74, 6) is 0.310. The molecule has 1 saturated heterocycles. The Labute approximate surface area is 169 Å². The van der Waals surface area contributed by atoms with Crippen LogP contribution >= 0.6 is 0 Å². The van der Waals surface area contributed by atoms with E-state index in [2.05, 4.69) is 11.6 Å². The van der Waals surface area contributed by atoms with Crippen LogP contribution in [0.1, 0.15) is 65.7 Å². The molecule has 3 rings (SSSR count). The fourth-order valence-electron chi connectivity index (χ4n) is 4.54. The molecule has 4 atom stereocenters. The lowest BCUT2D eigenvalue weighted by atomic mass is 9.87. The van der Waals surface area contributed by atoms with Crippen LogP contribution in [0, 0.1) is 5.92 Å². The Morgan fingerprint density at radius 3 is 1.89 bits per heavy atom. The Bertz CT molecular complexity index is 871. The molecule has 0 bridgehead atoms. The van der Waals surface area contributed by atoms with Crippen molar-refractivity contribution >= 4 is 20.0 Å².